The van der Waals surface area contributed by atoms with Gasteiger partial charge in [-0.25, -0.2) is 9.78 Å². The minimum absolute atomic E-state index is 0.00602. The molecule has 0 aliphatic carbocycles. The molecule has 2 aromatic rings. The van der Waals surface area contributed by atoms with Crippen molar-refractivity contribution in [3.63, 3.8) is 0 Å². The summed E-state index contributed by atoms with van der Waals surface area (Å²) < 4.78 is 7.44. The quantitative estimate of drug-likeness (QED) is 0.887. The molecule has 2 amide bonds. The van der Waals surface area contributed by atoms with Crippen LogP contribution in [0.25, 0.3) is 0 Å². The molecule has 1 atom stereocenters. The highest BCUT2D eigenvalue weighted by molar-refractivity contribution is 5.75. The molecule has 1 saturated heterocycles. The molecule has 0 saturated carbocycles. The van der Waals surface area contributed by atoms with Gasteiger partial charge in [-0.05, 0) is 37.5 Å². The standard InChI is InChI=1S/C18H24N4O2/c1-2-24-16-7-5-15(6-8-16)17-4-3-11-22(17)18(23)20-10-13-21-12-9-19-14-21/h5-9,12,14,17H,2-4,10-11,13H2,1H3,(H,20,23). The third-order valence-electron chi connectivity index (χ3n) is 4.29. The van der Waals surface area contributed by atoms with Crippen LogP contribution >= 0.6 is 0 Å². The molecule has 2 heterocycles. The molecule has 6 heteroatoms. The van der Waals surface area contributed by atoms with E-state index in [1.54, 1.807) is 12.5 Å². The summed E-state index contributed by atoms with van der Waals surface area (Å²) in [6.07, 6.45) is 7.43. The van der Waals surface area contributed by atoms with Crippen LogP contribution in [0, 0.1) is 0 Å². The lowest BCUT2D eigenvalue weighted by molar-refractivity contribution is 0.192. The zero-order valence-electron chi connectivity index (χ0n) is 14.0. The summed E-state index contributed by atoms with van der Waals surface area (Å²) >= 11 is 0. The van der Waals surface area contributed by atoms with Gasteiger partial charge in [0.05, 0.1) is 19.0 Å². The van der Waals surface area contributed by atoms with Gasteiger partial charge in [-0.1, -0.05) is 12.1 Å². The van der Waals surface area contributed by atoms with Crippen LogP contribution < -0.4 is 10.1 Å². The number of ether oxygens (including phenoxy) is 1. The number of aromatic nitrogens is 2. The van der Waals surface area contributed by atoms with Gasteiger partial charge in [0, 0.05) is 32.0 Å². The number of carbonyl (C=O) groups is 1. The first-order chi connectivity index (χ1) is 11.8. The highest BCUT2D eigenvalue weighted by atomic mass is 16.5. The van der Waals surface area contributed by atoms with E-state index in [4.69, 9.17) is 4.74 Å². The number of benzene rings is 1. The SMILES string of the molecule is CCOc1ccc(C2CCCN2C(=O)NCCn2ccnc2)cc1. The van der Waals surface area contributed by atoms with Crippen molar-refractivity contribution in [2.45, 2.75) is 32.4 Å². The van der Waals surface area contributed by atoms with Crippen molar-refractivity contribution >= 4 is 6.03 Å². The summed E-state index contributed by atoms with van der Waals surface area (Å²) in [7, 11) is 0. The number of nitrogens with zero attached hydrogens (tertiary/aromatic N) is 3. The van der Waals surface area contributed by atoms with Crippen LogP contribution in [0.5, 0.6) is 5.75 Å². The smallest absolute Gasteiger partial charge is 0.317 e. The zero-order valence-corrected chi connectivity index (χ0v) is 14.0. The molecule has 1 aliphatic rings. The third kappa shape index (κ3) is 3.88. The fourth-order valence-electron chi connectivity index (χ4n) is 3.12. The van der Waals surface area contributed by atoms with Gasteiger partial charge in [-0.2, -0.15) is 0 Å². The van der Waals surface area contributed by atoms with Crippen LogP contribution in [-0.4, -0.2) is 40.2 Å². The Morgan fingerprint density at radius 2 is 2.21 bits per heavy atom. The van der Waals surface area contributed by atoms with Gasteiger partial charge >= 0.3 is 6.03 Å². The fourth-order valence-corrected chi connectivity index (χ4v) is 3.12. The van der Waals surface area contributed by atoms with E-state index < -0.39 is 0 Å². The maximum Gasteiger partial charge on any atom is 0.317 e. The Hall–Kier alpha value is -2.50. The molecular weight excluding hydrogens is 304 g/mol. The van der Waals surface area contributed by atoms with Gasteiger partial charge in [0.2, 0.25) is 0 Å². The lowest BCUT2D eigenvalue weighted by Crippen LogP contribution is -2.40. The van der Waals surface area contributed by atoms with Gasteiger partial charge in [0.1, 0.15) is 5.75 Å². The maximum atomic E-state index is 12.5. The van der Waals surface area contributed by atoms with Crippen molar-refractivity contribution in [2.24, 2.45) is 0 Å². The summed E-state index contributed by atoms with van der Waals surface area (Å²) in [5.41, 5.74) is 1.17. The molecular formula is C18H24N4O2. The fraction of sp³-hybridized carbons (Fsp3) is 0.444. The molecule has 0 bridgehead atoms. The third-order valence-corrected chi connectivity index (χ3v) is 4.29. The van der Waals surface area contributed by atoms with Crippen LogP contribution in [0.2, 0.25) is 0 Å². The van der Waals surface area contributed by atoms with Crippen LogP contribution in [0.1, 0.15) is 31.4 Å². The minimum Gasteiger partial charge on any atom is -0.494 e. The predicted molar refractivity (Wildman–Crippen MR) is 91.9 cm³/mol. The number of likely N-dealkylation sites (tertiary alicyclic amines) is 1. The van der Waals surface area contributed by atoms with Gasteiger partial charge < -0.3 is 19.5 Å². The van der Waals surface area contributed by atoms with E-state index in [1.807, 2.05) is 34.7 Å². The van der Waals surface area contributed by atoms with Crippen LogP contribution in [0.15, 0.2) is 43.0 Å². The molecule has 0 spiro atoms. The molecule has 3 rings (SSSR count). The first kappa shape index (κ1) is 16.4. The minimum atomic E-state index is 0.00602. The lowest BCUT2D eigenvalue weighted by atomic mass is 10.0. The Kier molecular flexibility index (Phi) is 5.36. The topological polar surface area (TPSA) is 59.4 Å². The second kappa shape index (κ2) is 7.86. The summed E-state index contributed by atoms with van der Waals surface area (Å²) in [4.78, 5) is 18.4. The van der Waals surface area contributed by atoms with Crippen molar-refractivity contribution in [3.05, 3.63) is 48.5 Å². The van der Waals surface area contributed by atoms with E-state index >= 15 is 0 Å². The Balaban J connectivity index is 1.56. The molecule has 128 valence electrons. The number of amides is 2. The summed E-state index contributed by atoms with van der Waals surface area (Å²) in [6, 6.07) is 8.23. The molecule has 24 heavy (non-hydrogen) atoms. The normalized spacial score (nSPS) is 17.0. The molecule has 6 nitrogen and oxygen atoms in total. The highest BCUT2D eigenvalue weighted by Crippen LogP contribution is 2.32. The summed E-state index contributed by atoms with van der Waals surface area (Å²) in [6.45, 7) is 4.76. The second-order valence-corrected chi connectivity index (χ2v) is 5.89. The van der Waals surface area contributed by atoms with Crippen molar-refractivity contribution < 1.29 is 9.53 Å². The molecule has 1 aromatic heterocycles. The first-order valence-electron chi connectivity index (χ1n) is 8.51. The second-order valence-electron chi connectivity index (χ2n) is 5.89. The Morgan fingerprint density at radius 3 is 2.92 bits per heavy atom. The Labute approximate surface area is 142 Å². The molecule has 1 aromatic carbocycles. The number of hydrogen-bond acceptors (Lipinski definition) is 3. The van der Waals surface area contributed by atoms with Crippen molar-refractivity contribution in [1.29, 1.82) is 0 Å². The van der Waals surface area contributed by atoms with E-state index in [9.17, 15) is 4.79 Å². The van der Waals surface area contributed by atoms with E-state index in [-0.39, 0.29) is 12.1 Å². The molecule has 1 fully saturated rings. The number of rotatable bonds is 6. The van der Waals surface area contributed by atoms with E-state index in [2.05, 4.69) is 22.4 Å². The number of nitrogens with one attached hydrogen (secondary N) is 1. The van der Waals surface area contributed by atoms with Crippen LogP contribution in [0.3, 0.4) is 0 Å². The van der Waals surface area contributed by atoms with E-state index in [0.29, 0.717) is 13.2 Å². The Bertz CT molecular complexity index is 640. The lowest BCUT2D eigenvalue weighted by Gasteiger charge is -2.25. The average molecular weight is 328 g/mol. The Morgan fingerprint density at radius 1 is 1.38 bits per heavy atom. The van der Waals surface area contributed by atoms with Crippen molar-refractivity contribution in [2.75, 3.05) is 19.7 Å². The highest BCUT2D eigenvalue weighted by Gasteiger charge is 2.29. The molecule has 1 aliphatic heterocycles. The average Bonchev–Trinajstić information content (AvgIpc) is 3.27. The van der Waals surface area contributed by atoms with Gasteiger partial charge in [-0.3, -0.25) is 0 Å². The molecule has 1 N–H and O–H groups in total. The van der Waals surface area contributed by atoms with Gasteiger partial charge in [0.15, 0.2) is 0 Å². The van der Waals surface area contributed by atoms with E-state index in [0.717, 1.165) is 31.7 Å². The number of carbonyl (C=O) groups excluding carboxylic acids is 1. The van der Waals surface area contributed by atoms with Gasteiger partial charge in [0.25, 0.3) is 0 Å². The predicted octanol–water partition coefficient (Wildman–Crippen LogP) is 2.83. The monoisotopic (exact) mass is 328 g/mol. The maximum absolute atomic E-state index is 12.5. The molecule has 0 radical (unpaired) electrons. The number of imidazole rings is 1. The number of hydrogen-bond donors (Lipinski definition) is 1. The molecule has 1 unspecified atom stereocenters. The largest absolute Gasteiger partial charge is 0.494 e. The zero-order chi connectivity index (χ0) is 16.8. The van der Waals surface area contributed by atoms with Crippen LogP contribution in [-0.2, 0) is 6.54 Å². The van der Waals surface area contributed by atoms with E-state index in [1.165, 1.54) is 5.56 Å². The number of urea groups is 1. The van der Waals surface area contributed by atoms with Crippen molar-refractivity contribution in [3.8, 4) is 5.75 Å². The van der Waals surface area contributed by atoms with Crippen molar-refractivity contribution in [1.82, 2.24) is 19.8 Å². The van der Waals surface area contributed by atoms with Gasteiger partial charge in [-0.15, -0.1) is 0 Å². The summed E-state index contributed by atoms with van der Waals surface area (Å²) in [5.74, 6) is 0.871. The van der Waals surface area contributed by atoms with Crippen LogP contribution in [0.4, 0.5) is 4.79 Å². The summed E-state index contributed by atoms with van der Waals surface area (Å²) in [5, 5.41) is 3.01. The first-order valence-corrected chi connectivity index (χ1v) is 8.51.